The highest BCUT2D eigenvalue weighted by atomic mass is 16.7. The van der Waals surface area contributed by atoms with Gasteiger partial charge in [0.05, 0.1) is 12.9 Å². The molecule has 1 fully saturated rings. The number of carbonyl (C=O) groups excluding carboxylic acids is 1. The molecule has 0 saturated carbocycles. The van der Waals surface area contributed by atoms with Crippen molar-refractivity contribution < 1.29 is 28.2 Å². The van der Waals surface area contributed by atoms with E-state index in [9.17, 15) is 4.79 Å². The van der Waals surface area contributed by atoms with Crippen LogP contribution in [0.4, 0.5) is 0 Å². The number of hydrogen-bond acceptors (Lipinski definition) is 6. The van der Waals surface area contributed by atoms with E-state index in [4.69, 9.17) is 23.4 Å². The molecule has 2 rings (SSSR count). The largest absolute Gasteiger partial charge is 0.467 e. The second kappa shape index (κ2) is 10.5. The van der Waals surface area contributed by atoms with Crippen LogP contribution in [0.25, 0.3) is 0 Å². The van der Waals surface area contributed by atoms with Crippen LogP contribution in [-0.2, 0) is 23.7 Å². The first-order valence-corrected chi connectivity index (χ1v) is 9.19. The fourth-order valence-corrected chi connectivity index (χ4v) is 2.58. The molecule has 6 nitrogen and oxygen atoms in total. The van der Waals surface area contributed by atoms with Crippen LogP contribution in [0.1, 0.15) is 58.3 Å². The van der Waals surface area contributed by atoms with Gasteiger partial charge < -0.3 is 23.4 Å². The van der Waals surface area contributed by atoms with E-state index in [1.165, 1.54) is 0 Å². The van der Waals surface area contributed by atoms with Crippen molar-refractivity contribution >= 4 is 5.97 Å². The van der Waals surface area contributed by atoms with Gasteiger partial charge >= 0.3 is 5.97 Å². The van der Waals surface area contributed by atoms with Gasteiger partial charge in [-0.2, -0.15) is 0 Å². The van der Waals surface area contributed by atoms with Crippen LogP contribution in [0, 0.1) is 0 Å². The first kappa shape index (κ1) is 20.7. The predicted octanol–water partition coefficient (Wildman–Crippen LogP) is 4.17. The Morgan fingerprint density at radius 2 is 2.19 bits per heavy atom. The summed E-state index contributed by atoms with van der Waals surface area (Å²) >= 11 is 0. The van der Waals surface area contributed by atoms with Gasteiger partial charge in [0, 0.05) is 6.61 Å². The van der Waals surface area contributed by atoms with E-state index in [1.807, 2.05) is 45.1 Å². The second-order valence-electron chi connectivity index (χ2n) is 7.24. The molecule has 1 saturated heterocycles. The molecule has 1 aliphatic heterocycles. The van der Waals surface area contributed by atoms with Crippen molar-refractivity contribution in [3.63, 3.8) is 0 Å². The Kier molecular flexibility index (Phi) is 8.35. The summed E-state index contributed by atoms with van der Waals surface area (Å²) in [6.45, 7) is 6.50. The monoisotopic (exact) mass is 366 g/mol. The molecule has 0 amide bonds. The first-order valence-electron chi connectivity index (χ1n) is 9.19. The average Bonchev–Trinajstić information content (AvgIpc) is 3.10. The van der Waals surface area contributed by atoms with E-state index in [0.29, 0.717) is 13.0 Å². The molecule has 146 valence electrons. The minimum Gasteiger partial charge on any atom is -0.467 e. The smallest absolute Gasteiger partial charge is 0.332 e. The SMILES string of the molecule is CC(C)(C)OC(=O)COCC=CCC(OC1CCCCO1)c1ccco1. The highest BCUT2D eigenvalue weighted by Crippen LogP contribution is 2.27. The summed E-state index contributed by atoms with van der Waals surface area (Å²) in [5.74, 6) is 0.413. The van der Waals surface area contributed by atoms with E-state index in [-0.39, 0.29) is 25.0 Å². The van der Waals surface area contributed by atoms with Gasteiger partial charge in [0.15, 0.2) is 6.29 Å². The number of esters is 1. The van der Waals surface area contributed by atoms with E-state index >= 15 is 0 Å². The van der Waals surface area contributed by atoms with E-state index in [0.717, 1.165) is 31.6 Å². The third-order valence-corrected chi connectivity index (χ3v) is 3.69. The zero-order valence-electron chi connectivity index (χ0n) is 15.9. The molecule has 1 aromatic heterocycles. The van der Waals surface area contributed by atoms with Crippen LogP contribution in [0.2, 0.25) is 0 Å². The zero-order valence-corrected chi connectivity index (χ0v) is 15.9. The average molecular weight is 366 g/mol. The molecule has 2 heterocycles. The zero-order chi connectivity index (χ0) is 18.8. The van der Waals surface area contributed by atoms with Gasteiger partial charge in [-0.15, -0.1) is 0 Å². The fraction of sp³-hybridized carbons (Fsp3) is 0.650. The van der Waals surface area contributed by atoms with Crippen molar-refractivity contribution in [1.29, 1.82) is 0 Å². The van der Waals surface area contributed by atoms with Crippen molar-refractivity contribution in [1.82, 2.24) is 0 Å². The Balaban J connectivity index is 1.72. The number of furan rings is 1. The van der Waals surface area contributed by atoms with Crippen LogP contribution >= 0.6 is 0 Å². The maximum absolute atomic E-state index is 11.6. The van der Waals surface area contributed by atoms with Crippen molar-refractivity contribution in [2.45, 2.75) is 64.4 Å². The topological polar surface area (TPSA) is 67.1 Å². The Morgan fingerprint density at radius 1 is 1.35 bits per heavy atom. The quantitative estimate of drug-likeness (QED) is 0.371. The van der Waals surface area contributed by atoms with Crippen molar-refractivity contribution in [3.8, 4) is 0 Å². The van der Waals surface area contributed by atoms with Gasteiger partial charge in [0.1, 0.15) is 24.1 Å². The summed E-state index contributed by atoms with van der Waals surface area (Å²) in [5, 5.41) is 0. The standard InChI is InChI=1S/C20H30O6/c1-20(2,3)26-18(21)15-22-12-6-4-9-17(16-10-8-14-23-16)25-19-11-5-7-13-24-19/h4,6,8,10,14,17,19H,5,7,9,11-13,15H2,1-3H3. The minimum atomic E-state index is -0.495. The molecule has 0 radical (unpaired) electrons. The normalized spacial score (nSPS) is 19.6. The summed E-state index contributed by atoms with van der Waals surface area (Å²) in [7, 11) is 0. The maximum atomic E-state index is 11.6. The lowest BCUT2D eigenvalue weighted by molar-refractivity contribution is -0.192. The van der Waals surface area contributed by atoms with Gasteiger partial charge in [-0.3, -0.25) is 0 Å². The van der Waals surface area contributed by atoms with E-state index < -0.39 is 5.60 Å². The molecule has 2 unspecified atom stereocenters. The number of rotatable bonds is 9. The Hall–Kier alpha value is -1.63. The second-order valence-corrected chi connectivity index (χ2v) is 7.24. The third kappa shape index (κ3) is 8.17. The first-order chi connectivity index (χ1) is 12.4. The maximum Gasteiger partial charge on any atom is 0.332 e. The van der Waals surface area contributed by atoms with Crippen molar-refractivity contribution in [2.24, 2.45) is 0 Å². The highest BCUT2D eigenvalue weighted by molar-refractivity contribution is 5.71. The fourth-order valence-electron chi connectivity index (χ4n) is 2.58. The van der Waals surface area contributed by atoms with Gasteiger partial charge in [-0.05, 0) is 58.6 Å². The molecule has 0 N–H and O–H groups in total. The van der Waals surface area contributed by atoms with Crippen molar-refractivity contribution in [3.05, 3.63) is 36.3 Å². The molecule has 0 aliphatic carbocycles. The molecule has 0 aromatic carbocycles. The number of hydrogen-bond donors (Lipinski definition) is 0. The molecule has 0 bridgehead atoms. The van der Waals surface area contributed by atoms with Crippen LogP contribution < -0.4 is 0 Å². The Bertz CT molecular complexity index is 537. The lowest BCUT2D eigenvalue weighted by Crippen LogP contribution is -2.26. The number of carbonyl (C=O) groups is 1. The molecular formula is C20H30O6. The highest BCUT2D eigenvalue weighted by Gasteiger charge is 2.22. The number of ether oxygens (including phenoxy) is 4. The van der Waals surface area contributed by atoms with Gasteiger partial charge in [0.2, 0.25) is 0 Å². The van der Waals surface area contributed by atoms with E-state index in [2.05, 4.69) is 0 Å². The Labute approximate surface area is 155 Å². The van der Waals surface area contributed by atoms with Crippen LogP contribution in [0.5, 0.6) is 0 Å². The van der Waals surface area contributed by atoms with Crippen LogP contribution in [-0.4, -0.2) is 37.7 Å². The molecule has 6 heteroatoms. The summed E-state index contributed by atoms with van der Waals surface area (Å²) in [5.41, 5.74) is -0.495. The lowest BCUT2D eigenvalue weighted by atomic mass is 10.1. The predicted molar refractivity (Wildman–Crippen MR) is 96.5 cm³/mol. The van der Waals surface area contributed by atoms with Gasteiger partial charge in [0.25, 0.3) is 0 Å². The van der Waals surface area contributed by atoms with Gasteiger partial charge in [-0.25, -0.2) is 4.79 Å². The van der Waals surface area contributed by atoms with E-state index in [1.54, 1.807) is 6.26 Å². The van der Waals surface area contributed by atoms with Crippen LogP contribution in [0.3, 0.4) is 0 Å². The lowest BCUT2D eigenvalue weighted by Gasteiger charge is -2.26. The Morgan fingerprint density at radius 3 is 2.85 bits per heavy atom. The molecule has 1 aliphatic rings. The summed E-state index contributed by atoms with van der Waals surface area (Å²) in [6.07, 6.45) is 8.83. The summed E-state index contributed by atoms with van der Waals surface area (Å²) < 4.78 is 27.7. The third-order valence-electron chi connectivity index (χ3n) is 3.69. The van der Waals surface area contributed by atoms with Crippen molar-refractivity contribution in [2.75, 3.05) is 19.8 Å². The molecule has 26 heavy (non-hydrogen) atoms. The molecule has 0 spiro atoms. The van der Waals surface area contributed by atoms with Crippen LogP contribution in [0.15, 0.2) is 35.0 Å². The molecular weight excluding hydrogens is 336 g/mol. The molecule has 2 atom stereocenters. The summed E-state index contributed by atoms with van der Waals surface area (Å²) in [6, 6.07) is 3.75. The minimum absolute atomic E-state index is 0.0599. The van der Waals surface area contributed by atoms with Gasteiger partial charge in [-0.1, -0.05) is 12.2 Å². The summed E-state index contributed by atoms with van der Waals surface area (Å²) in [4.78, 5) is 11.6. The molecule has 1 aromatic rings.